The molecule has 1 N–H and O–H groups in total. The van der Waals surface area contributed by atoms with E-state index in [-0.39, 0.29) is 11.9 Å². The van der Waals surface area contributed by atoms with Gasteiger partial charge in [0.1, 0.15) is 17.7 Å². The van der Waals surface area contributed by atoms with Crippen molar-refractivity contribution in [3.63, 3.8) is 0 Å². The topological polar surface area (TPSA) is 21.3 Å². The van der Waals surface area contributed by atoms with E-state index in [1.165, 1.54) is 31.7 Å². The Bertz CT molecular complexity index is 487. The Hall–Kier alpha value is -0.610. The molecule has 0 radical (unpaired) electrons. The molecule has 0 aliphatic heterocycles. The van der Waals surface area contributed by atoms with Gasteiger partial charge in [-0.1, -0.05) is 19.8 Å². The molecule has 2 saturated carbocycles. The maximum atomic E-state index is 13.3. The number of nitrogens with one attached hydrogen (secondary N) is 1. The van der Waals surface area contributed by atoms with E-state index < -0.39 is 0 Å². The Morgan fingerprint density at radius 3 is 2.80 bits per heavy atom. The highest BCUT2D eigenvalue weighted by atomic mass is 79.9. The van der Waals surface area contributed by atoms with E-state index in [1.807, 2.05) is 0 Å². The summed E-state index contributed by atoms with van der Waals surface area (Å²) >= 11 is 3.22. The summed E-state index contributed by atoms with van der Waals surface area (Å²) in [6.07, 6.45) is 6.42. The Kier molecular flexibility index (Phi) is 4.04. The molecule has 0 amide bonds. The van der Waals surface area contributed by atoms with Gasteiger partial charge in [-0.2, -0.15) is 0 Å². The van der Waals surface area contributed by atoms with E-state index >= 15 is 0 Å². The number of benzene rings is 1. The van der Waals surface area contributed by atoms with Crippen molar-refractivity contribution in [3.8, 4) is 5.75 Å². The lowest BCUT2D eigenvalue weighted by Crippen LogP contribution is -2.63. The molecular formula is C16H21BrFNO. The van der Waals surface area contributed by atoms with Gasteiger partial charge in [0.05, 0.1) is 4.47 Å². The van der Waals surface area contributed by atoms with Gasteiger partial charge in [0.15, 0.2) is 0 Å². The SMILES string of the molecule is CCNC1CC(Oc2ccc(F)c(Br)c2)C12CCCC2. The average molecular weight is 342 g/mol. The molecule has 1 aromatic rings. The summed E-state index contributed by atoms with van der Waals surface area (Å²) in [5.74, 6) is 0.525. The molecule has 3 rings (SSSR count). The summed E-state index contributed by atoms with van der Waals surface area (Å²) in [5.41, 5.74) is 0.302. The van der Waals surface area contributed by atoms with Crippen molar-refractivity contribution < 1.29 is 9.13 Å². The fourth-order valence-corrected chi connectivity index (χ4v) is 4.22. The predicted octanol–water partition coefficient (Wildman–Crippen LogP) is 4.28. The van der Waals surface area contributed by atoms with Gasteiger partial charge in [0.25, 0.3) is 0 Å². The molecule has 0 bridgehead atoms. The van der Waals surface area contributed by atoms with Crippen molar-refractivity contribution in [2.24, 2.45) is 5.41 Å². The van der Waals surface area contributed by atoms with Gasteiger partial charge in [-0.3, -0.25) is 0 Å². The standard InChI is InChI=1S/C16H21BrFNO/c1-2-19-14-10-15(16(14)7-3-4-8-16)20-11-5-6-13(18)12(17)9-11/h5-6,9,14-15,19H,2-4,7-8,10H2,1H3. The number of hydrogen-bond donors (Lipinski definition) is 1. The highest BCUT2D eigenvalue weighted by molar-refractivity contribution is 9.10. The van der Waals surface area contributed by atoms with Gasteiger partial charge in [0, 0.05) is 17.9 Å². The van der Waals surface area contributed by atoms with Crippen LogP contribution in [-0.4, -0.2) is 18.7 Å². The van der Waals surface area contributed by atoms with Crippen molar-refractivity contribution in [1.29, 1.82) is 0 Å². The predicted molar refractivity (Wildman–Crippen MR) is 81.5 cm³/mol. The summed E-state index contributed by atoms with van der Waals surface area (Å²) in [5, 5.41) is 3.60. The molecule has 0 aromatic heterocycles. The van der Waals surface area contributed by atoms with Crippen LogP contribution in [0.1, 0.15) is 39.0 Å². The molecule has 20 heavy (non-hydrogen) atoms. The third kappa shape index (κ3) is 2.37. The van der Waals surface area contributed by atoms with Crippen LogP contribution in [0.3, 0.4) is 0 Å². The van der Waals surface area contributed by atoms with E-state index in [2.05, 4.69) is 28.2 Å². The summed E-state index contributed by atoms with van der Waals surface area (Å²) in [6, 6.07) is 5.51. The number of hydrogen-bond acceptors (Lipinski definition) is 2. The van der Waals surface area contributed by atoms with E-state index in [0.29, 0.717) is 15.9 Å². The maximum absolute atomic E-state index is 13.3. The maximum Gasteiger partial charge on any atom is 0.137 e. The number of rotatable bonds is 4. The first-order valence-corrected chi connectivity index (χ1v) is 8.30. The molecule has 1 spiro atoms. The van der Waals surface area contributed by atoms with Crippen molar-refractivity contribution >= 4 is 15.9 Å². The van der Waals surface area contributed by atoms with Crippen LogP contribution < -0.4 is 10.1 Å². The second-order valence-corrected chi connectivity index (χ2v) is 6.82. The Morgan fingerprint density at radius 2 is 2.15 bits per heavy atom. The average Bonchev–Trinajstić information content (AvgIpc) is 2.94. The first-order chi connectivity index (χ1) is 9.65. The van der Waals surface area contributed by atoms with E-state index in [0.717, 1.165) is 18.7 Å². The van der Waals surface area contributed by atoms with Crippen LogP contribution in [0.5, 0.6) is 5.75 Å². The lowest BCUT2D eigenvalue weighted by Gasteiger charge is -2.54. The van der Waals surface area contributed by atoms with Crippen molar-refractivity contribution in [2.45, 2.75) is 51.2 Å². The Balaban J connectivity index is 1.72. The molecule has 2 nitrogen and oxygen atoms in total. The fraction of sp³-hybridized carbons (Fsp3) is 0.625. The monoisotopic (exact) mass is 341 g/mol. The summed E-state index contributed by atoms with van der Waals surface area (Å²) < 4.78 is 19.9. The first-order valence-electron chi connectivity index (χ1n) is 7.51. The first kappa shape index (κ1) is 14.3. The molecule has 0 heterocycles. The highest BCUT2D eigenvalue weighted by Crippen LogP contribution is 2.54. The molecule has 2 atom stereocenters. The van der Waals surface area contributed by atoms with E-state index in [4.69, 9.17) is 4.74 Å². The van der Waals surface area contributed by atoms with Crippen molar-refractivity contribution in [2.75, 3.05) is 6.54 Å². The summed E-state index contributed by atoms with van der Waals surface area (Å²) in [7, 11) is 0. The molecule has 110 valence electrons. The van der Waals surface area contributed by atoms with Gasteiger partial charge in [-0.05, 0) is 53.5 Å². The van der Waals surface area contributed by atoms with Crippen LogP contribution in [-0.2, 0) is 0 Å². The largest absolute Gasteiger partial charge is 0.490 e. The molecule has 2 fully saturated rings. The van der Waals surface area contributed by atoms with Crippen LogP contribution in [0.15, 0.2) is 22.7 Å². The van der Waals surface area contributed by atoms with Gasteiger partial charge >= 0.3 is 0 Å². The summed E-state index contributed by atoms with van der Waals surface area (Å²) in [6.45, 7) is 3.18. The molecule has 0 saturated heterocycles. The molecular weight excluding hydrogens is 321 g/mol. The minimum Gasteiger partial charge on any atom is -0.490 e. The zero-order valence-electron chi connectivity index (χ0n) is 11.8. The van der Waals surface area contributed by atoms with Crippen LogP contribution in [0, 0.1) is 11.2 Å². The number of halogens is 2. The number of ether oxygens (including phenoxy) is 1. The zero-order valence-corrected chi connectivity index (χ0v) is 13.4. The van der Waals surface area contributed by atoms with Gasteiger partial charge in [-0.15, -0.1) is 0 Å². The lowest BCUT2D eigenvalue weighted by atomic mass is 9.60. The van der Waals surface area contributed by atoms with E-state index in [1.54, 1.807) is 12.1 Å². The van der Waals surface area contributed by atoms with Crippen LogP contribution >= 0.6 is 15.9 Å². The van der Waals surface area contributed by atoms with Gasteiger partial charge in [-0.25, -0.2) is 4.39 Å². The summed E-state index contributed by atoms with van der Waals surface area (Å²) in [4.78, 5) is 0. The third-order valence-corrected chi connectivity index (χ3v) is 5.55. The third-order valence-electron chi connectivity index (χ3n) is 4.94. The molecule has 2 aliphatic carbocycles. The van der Waals surface area contributed by atoms with Crippen LogP contribution in [0.4, 0.5) is 4.39 Å². The molecule has 4 heteroatoms. The molecule has 2 unspecified atom stereocenters. The van der Waals surface area contributed by atoms with Crippen LogP contribution in [0.2, 0.25) is 0 Å². The highest BCUT2D eigenvalue weighted by Gasteiger charge is 2.57. The van der Waals surface area contributed by atoms with E-state index in [9.17, 15) is 4.39 Å². The van der Waals surface area contributed by atoms with Crippen molar-refractivity contribution in [1.82, 2.24) is 5.32 Å². The zero-order chi connectivity index (χ0) is 14.2. The molecule has 1 aromatic carbocycles. The van der Waals surface area contributed by atoms with Gasteiger partial charge in [0.2, 0.25) is 0 Å². The second-order valence-electron chi connectivity index (χ2n) is 5.97. The minimum atomic E-state index is -0.243. The lowest BCUT2D eigenvalue weighted by molar-refractivity contribution is -0.0756. The van der Waals surface area contributed by atoms with Crippen LogP contribution in [0.25, 0.3) is 0 Å². The molecule has 2 aliphatic rings. The Morgan fingerprint density at radius 1 is 1.40 bits per heavy atom. The minimum absolute atomic E-state index is 0.243. The Labute approximate surface area is 128 Å². The fourth-order valence-electron chi connectivity index (χ4n) is 3.86. The van der Waals surface area contributed by atoms with Crippen molar-refractivity contribution in [3.05, 3.63) is 28.5 Å². The quantitative estimate of drug-likeness (QED) is 0.882. The second kappa shape index (κ2) is 5.64. The normalized spacial score (nSPS) is 27.6. The smallest absolute Gasteiger partial charge is 0.137 e. The van der Waals surface area contributed by atoms with Gasteiger partial charge < -0.3 is 10.1 Å².